The second kappa shape index (κ2) is 4.37. The van der Waals surface area contributed by atoms with Crippen LogP contribution in [-0.4, -0.2) is 38.2 Å². The Hall–Kier alpha value is -1.55. The maximum atomic E-state index is 5.80. The van der Waals surface area contributed by atoms with Gasteiger partial charge in [-0.05, 0) is 17.7 Å². The third kappa shape index (κ3) is 2.13. The summed E-state index contributed by atoms with van der Waals surface area (Å²) in [5.41, 5.74) is 1.21. The fourth-order valence-electron chi connectivity index (χ4n) is 2.29. The molecule has 0 saturated carbocycles. The lowest BCUT2D eigenvalue weighted by molar-refractivity contribution is 0.220. The lowest BCUT2D eigenvalue weighted by atomic mass is 10.1. The van der Waals surface area contributed by atoms with Crippen LogP contribution in [0.25, 0.3) is 0 Å². The number of nitrogens with zero attached hydrogens (tertiary/aromatic N) is 1. The summed E-state index contributed by atoms with van der Waals surface area (Å²) in [5, 5.41) is 3.28. The molecule has 0 radical (unpaired) electrons. The van der Waals surface area contributed by atoms with Crippen molar-refractivity contribution in [2.75, 3.05) is 20.2 Å². The summed E-state index contributed by atoms with van der Waals surface area (Å²) in [6.07, 6.45) is 1.03. The van der Waals surface area contributed by atoms with Crippen molar-refractivity contribution in [3.05, 3.63) is 29.8 Å². The number of fused-ring (bicyclic) bond motifs is 1. The van der Waals surface area contributed by atoms with Crippen LogP contribution in [0, 0.1) is 0 Å². The Bertz CT molecular complexity index is 428. The van der Waals surface area contributed by atoms with Crippen LogP contribution in [0.3, 0.4) is 0 Å². The average molecular weight is 232 g/mol. The maximum absolute atomic E-state index is 5.80. The highest BCUT2D eigenvalue weighted by atomic mass is 16.5. The second-order valence-electron chi connectivity index (χ2n) is 4.43. The van der Waals surface area contributed by atoms with Crippen LogP contribution in [0.2, 0.25) is 0 Å². The van der Waals surface area contributed by atoms with Gasteiger partial charge in [0.05, 0.1) is 7.11 Å². The van der Waals surface area contributed by atoms with Gasteiger partial charge in [-0.15, -0.1) is 0 Å². The number of aliphatic imine (C=N–C) groups is 1. The van der Waals surface area contributed by atoms with Crippen molar-refractivity contribution in [1.29, 1.82) is 0 Å². The Kier molecular flexibility index (Phi) is 2.73. The normalized spacial score (nSPS) is 26.3. The monoisotopic (exact) mass is 232 g/mol. The fourth-order valence-corrected chi connectivity index (χ4v) is 2.29. The number of nitrogens with one attached hydrogen (secondary N) is 1. The molecule has 17 heavy (non-hydrogen) atoms. The number of hydrogen-bond acceptors (Lipinski definition) is 4. The third-order valence-corrected chi connectivity index (χ3v) is 3.24. The molecule has 0 aromatic heterocycles. The first-order valence-electron chi connectivity index (χ1n) is 5.92. The lowest BCUT2D eigenvalue weighted by Crippen LogP contribution is -2.20. The zero-order valence-corrected chi connectivity index (χ0v) is 9.85. The lowest BCUT2D eigenvalue weighted by Gasteiger charge is -2.08. The van der Waals surface area contributed by atoms with E-state index >= 15 is 0 Å². The maximum Gasteiger partial charge on any atom is 0.188 e. The topological polar surface area (TPSA) is 42.8 Å². The molecule has 2 aliphatic rings. The third-order valence-electron chi connectivity index (χ3n) is 3.24. The van der Waals surface area contributed by atoms with Crippen LogP contribution in [0.4, 0.5) is 0 Å². The van der Waals surface area contributed by atoms with E-state index in [1.165, 1.54) is 5.56 Å². The predicted molar refractivity (Wildman–Crippen MR) is 65.7 cm³/mol. The number of rotatable bonds is 3. The van der Waals surface area contributed by atoms with E-state index < -0.39 is 0 Å². The summed E-state index contributed by atoms with van der Waals surface area (Å²) in [4.78, 5) is 4.59. The summed E-state index contributed by atoms with van der Waals surface area (Å²) in [6, 6.07) is 8.36. The van der Waals surface area contributed by atoms with Crippen molar-refractivity contribution in [3.8, 4) is 5.75 Å². The molecular formula is C13H16N2O2. The van der Waals surface area contributed by atoms with E-state index in [2.05, 4.69) is 22.4 Å². The van der Waals surface area contributed by atoms with E-state index in [4.69, 9.17) is 9.47 Å². The van der Waals surface area contributed by atoms with Gasteiger partial charge in [-0.2, -0.15) is 0 Å². The van der Waals surface area contributed by atoms with Crippen LogP contribution in [0.1, 0.15) is 5.56 Å². The molecule has 2 atom stereocenters. The molecule has 0 spiro atoms. The van der Waals surface area contributed by atoms with Gasteiger partial charge in [0.15, 0.2) is 5.90 Å². The van der Waals surface area contributed by atoms with Crippen LogP contribution in [0.15, 0.2) is 29.3 Å². The standard InChI is InChI=1S/C13H16N2O2/c1-16-10-4-2-9(3-5-10)6-13-15-11-7-14-8-12(11)17-13/h2-5,11-12,14H,6-8H2,1H3. The summed E-state index contributed by atoms with van der Waals surface area (Å²) < 4.78 is 10.9. The molecule has 3 rings (SSSR count). The van der Waals surface area contributed by atoms with E-state index in [1.54, 1.807) is 7.11 Å². The minimum absolute atomic E-state index is 0.253. The molecule has 0 aliphatic carbocycles. The molecule has 90 valence electrons. The Morgan fingerprint density at radius 1 is 1.35 bits per heavy atom. The molecule has 1 N–H and O–H groups in total. The summed E-state index contributed by atoms with van der Waals surface area (Å²) in [6.45, 7) is 1.86. The van der Waals surface area contributed by atoms with Gasteiger partial charge in [0.2, 0.25) is 0 Å². The average Bonchev–Trinajstić information content (AvgIpc) is 2.90. The molecule has 0 bridgehead atoms. The second-order valence-corrected chi connectivity index (χ2v) is 4.43. The van der Waals surface area contributed by atoms with Crippen LogP contribution in [-0.2, 0) is 11.2 Å². The summed E-state index contributed by atoms with van der Waals surface area (Å²) >= 11 is 0. The summed E-state index contributed by atoms with van der Waals surface area (Å²) in [5.74, 6) is 1.75. The van der Waals surface area contributed by atoms with Gasteiger partial charge in [0.25, 0.3) is 0 Å². The van der Waals surface area contributed by atoms with Gasteiger partial charge in [-0.25, -0.2) is 4.99 Å². The Labute approximate surface area is 101 Å². The number of methoxy groups -OCH3 is 1. The minimum Gasteiger partial charge on any atom is -0.497 e. The van der Waals surface area contributed by atoms with Crippen molar-refractivity contribution in [2.24, 2.45) is 4.99 Å². The molecule has 2 aliphatic heterocycles. The first-order valence-corrected chi connectivity index (χ1v) is 5.92. The molecule has 1 saturated heterocycles. The highest BCUT2D eigenvalue weighted by Crippen LogP contribution is 2.20. The van der Waals surface area contributed by atoms with E-state index in [0.717, 1.165) is 31.2 Å². The number of ether oxygens (including phenoxy) is 2. The molecular weight excluding hydrogens is 216 g/mol. The predicted octanol–water partition coefficient (Wildman–Crippen LogP) is 1.01. The van der Waals surface area contributed by atoms with Crippen LogP contribution in [0.5, 0.6) is 5.75 Å². The zero-order chi connectivity index (χ0) is 11.7. The number of benzene rings is 1. The largest absolute Gasteiger partial charge is 0.497 e. The summed E-state index contributed by atoms with van der Waals surface area (Å²) in [7, 11) is 1.67. The quantitative estimate of drug-likeness (QED) is 0.845. The fraction of sp³-hybridized carbons (Fsp3) is 0.462. The highest BCUT2D eigenvalue weighted by molar-refractivity contribution is 5.80. The van der Waals surface area contributed by atoms with Crippen molar-refractivity contribution in [3.63, 3.8) is 0 Å². The smallest absolute Gasteiger partial charge is 0.188 e. The Balaban J connectivity index is 1.67. The van der Waals surface area contributed by atoms with Crippen molar-refractivity contribution >= 4 is 5.90 Å². The van der Waals surface area contributed by atoms with Gasteiger partial charge in [0, 0.05) is 19.5 Å². The molecule has 0 amide bonds. The molecule has 2 unspecified atom stereocenters. The number of hydrogen-bond donors (Lipinski definition) is 1. The highest BCUT2D eigenvalue weighted by Gasteiger charge is 2.34. The van der Waals surface area contributed by atoms with Gasteiger partial charge in [-0.3, -0.25) is 0 Å². The van der Waals surface area contributed by atoms with Crippen molar-refractivity contribution < 1.29 is 9.47 Å². The van der Waals surface area contributed by atoms with Crippen LogP contribution < -0.4 is 10.1 Å². The zero-order valence-electron chi connectivity index (χ0n) is 9.85. The van der Waals surface area contributed by atoms with Gasteiger partial charge in [-0.1, -0.05) is 12.1 Å². The first-order chi connectivity index (χ1) is 8.35. The molecule has 4 heteroatoms. The van der Waals surface area contributed by atoms with E-state index in [1.807, 2.05) is 12.1 Å². The van der Waals surface area contributed by atoms with Crippen LogP contribution >= 0.6 is 0 Å². The molecule has 2 heterocycles. The molecule has 1 fully saturated rings. The van der Waals surface area contributed by atoms with E-state index in [0.29, 0.717) is 6.04 Å². The van der Waals surface area contributed by atoms with Crippen molar-refractivity contribution in [2.45, 2.75) is 18.6 Å². The van der Waals surface area contributed by atoms with E-state index in [-0.39, 0.29) is 6.10 Å². The minimum atomic E-state index is 0.253. The first kappa shape index (κ1) is 10.6. The van der Waals surface area contributed by atoms with Gasteiger partial charge < -0.3 is 14.8 Å². The Morgan fingerprint density at radius 3 is 2.88 bits per heavy atom. The van der Waals surface area contributed by atoms with Crippen molar-refractivity contribution in [1.82, 2.24) is 5.32 Å². The van der Waals surface area contributed by atoms with Gasteiger partial charge in [0.1, 0.15) is 17.9 Å². The molecule has 1 aromatic carbocycles. The van der Waals surface area contributed by atoms with Gasteiger partial charge >= 0.3 is 0 Å². The molecule has 1 aromatic rings. The SMILES string of the molecule is COc1ccc(CC2=NC3CNCC3O2)cc1. The van der Waals surface area contributed by atoms with E-state index in [9.17, 15) is 0 Å². The molecule has 4 nitrogen and oxygen atoms in total. The Morgan fingerprint density at radius 2 is 2.18 bits per heavy atom.